The molecular formula is C13H9NOY-2. The van der Waals surface area contributed by atoms with Crippen LogP contribution in [-0.2, 0) is 32.7 Å². The van der Waals surface area contributed by atoms with Crippen LogP contribution in [0, 0.1) is 6.07 Å². The molecule has 0 saturated carbocycles. The van der Waals surface area contributed by atoms with Gasteiger partial charge in [0.05, 0.1) is 5.75 Å². The average molecular weight is 284 g/mol. The van der Waals surface area contributed by atoms with Gasteiger partial charge in [0.1, 0.15) is 0 Å². The number of aromatic hydroxyl groups is 1. The fourth-order valence-electron chi connectivity index (χ4n) is 1.15. The Balaban J connectivity index is 0.00000128. The van der Waals surface area contributed by atoms with E-state index in [1.807, 2.05) is 24.3 Å². The van der Waals surface area contributed by atoms with E-state index in [4.69, 9.17) is 0 Å². The molecule has 0 spiro atoms. The molecule has 0 heterocycles. The Hall–Kier alpha value is -0.986. The number of phenolic OH excluding ortho intramolecular Hbond substituents is 1. The summed E-state index contributed by atoms with van der Waals surface area (Å²) in [6.07, 6.45) is 2.84. The van der Waals surface area contributed by atoms with Crippen LogP contribution in [0.4, 0.5) is 5.69 Å². The Morgan fingerprint density at radius 2 is 2.00 bits per heavy atom. The molecule has 0 fully saturated rings. The van der Waals surface area contributed by atoms with Gasteiger partial charge in [0.25, 0.3) is 0 Å². The van der Waals surface area contributed by atoms with Gasteiger partial charge in [-0.2, -0.15) is 24.3 Å². The predicted molar refractivity (Wildman–Crippen MR) is 59.6 cm³/mol. The van der Waals surface area contributed by atoms with Crippen LogP contribution in [-0.4, -0.2) is 11.3 Å². The number of hydrogen-bond acceptors (Lipinski definition) is 2. The first-order chi connectivity index (χ1) is 7.34. The molecule has 0 bridgehead atoms. The summed E-state index contributed by atoms with van der Waals surface area (Å²) < 4.78 is 0. The normalized spacial score (nSPS) is 10.0. The first-order valence-electron chi connectivity index (χ1n) is 4.57. The van der Waals surface area contributed by atoms with E-state index in [1.165, 1.54) is 0 Å². The Morgan fingerprint density at radius 3 is 2.69 bits per heavy atom. The SMILES string of the molecule is Oc1cccc([C-]=Nc2[c-]cccc2)c1.[Y]. The molecule has 0 aliphatic heterocycles. The van der Waals surface area contributed by atoms with Crippen LogP contribution in [0.5, 0.6) is 5.75 Å². The average Bonchev–Trinajstić information content (AvgIpc) is 2.28. The molecular weight excluding hydrogens is 275 g/mol. The smallest absolute Gasteiger partial charge is 0.0742 e. The van der Waals surface area contributed by atoms with Crippen molar-refractivity contribution in [3.8, 4) is 5.75 Å². The fraction of sp³-hybridized carbons (Fsp3) is 0. The number of hydrogen-bond donors (Lipinski definition) is 1. The van der Waals surface area contributed by atoms with E-state index in [-0.39, 0.29) is 38.5 Å². The molecule has 2 aromatic rings. The van der Waals surface area contributed by atoms with Gasteiger partial charge in [-0.3, -0.25) is 0 Å². The fourth-order valence-corrected chi connectivity index (χ4v) is 1.15. The molecule has 0 aliphatic rings. The third kappa shape index (κ3) is 3.88. The van der Waals surface area contributed by atoms with E-state index in [2.05, 4.69) is 17.3 Å². The first kappa shape index (κ1) is 13.1. The third-order valence-electron chi connectivity index (χ3n) is 1.84. The molecule has 0 aliphatic carbocycles. The van der Waals surface area contributed by atoms with Gasteiger partial charge >= 0.3 is 0 Å². The van der Waals surface area contributed by atoms with Gasteiger partial charge in [-0.05, 0) is 12.3 Å². The van der Waals surface area contributed by atoms with Crippen molar-refractivity contribution in [1.29, 1.82) is 0 Å². The first-order valence-corrected chi connectivity index (χ1v) is 4.57. The van der Waals surface area contributed by atoms with E-state index in [0.717, 1.165) is 11.3 Å². The van der Waals surface area contributed by atoms with Gasteiger partial charge in [-0.25, -0.2) is 6.07 Å². The zero-order valence-electron chi connectivity index (χ0n) is 8.59. The summed E-state index contributed by atoms with van der Waals surface area (Å²) in [5.41, 5.74) is 1.47. The van der Waals surface area contributed by atoms with E-state index >= 15 is 0 Å². The maximum Gasteiger partial charge on any atom is 0.0742 e. The van der Waals surface area contributed by atoms with Gasteiger partial charge < -0.3 is 10.1 Å². The van der Waals surface area contributed by atoms with Crippen LogP contribution < -0.4 is 0 Å². The number of nitrogens with zero attached hydrogens (tertiary/aromatic N) is 1. The van der Waals surface area contributed by atoms with E-state index in [9.17, 15) is 5.11 Å². The van der Waals surface area contributed by atoms with Crippen LogP contribution in [0.2, 0.25) is 0 Å². The van der Waals surface area contributed by atoms with Crippen molar-refractivity contribution in [2.45, 2.75) is 0 Å². The van der Waals surface area contributed by atoms with Crippen molar-refractivity contribution in [2.75, 3.05) is 0 Å². The maximum absolute atomic E-state index is 9.22. The van der Waals surface area contributed by atoms with Crippen molar-refractivity contribution < 1.29 is 37.8 Å². The number of benzene rings is 2. The van der Waals surface area contributed by atoms with E-state index in [0.29, 0.717) is 0 Å². The molecule has 0 aromatic heterocycles. The molecule has 0 amide bonds. The number of aliphatic imine (C=N–C) groups is 1. The minimum Gasteiger partial charge on any atom is -0.518 e. The molecule has 3 heteroatoms. The molecule has 2 nitrogen and oxygen atoms in total. The molecule has 0 atom stereocenters. The zero-order chi connectivity index (χ0) is 10.5. The Kier molecular flexibility index (Phi) is 5.37. The summed E-state index contributed by atoms with van der Waals surface area (Å²) in [6, 6.07) is 17.2. The van der Waals surface area contributed by atoms with Gasteiger partial charge in [0, 0.05) is 32.7 Å². The van der Waals surface area contributed by atoms with Crippen molar-refractivity contribution in [2.24, 2.45) is 4.99 Å². The standard InChI is InChI=1S/C13H9NO.Y/c15-13-8-4-5-11(9-13)10-14-12-6-2-1-3-7-12;/h1-6,8-9,15H;/q-2;. The van der Waals surface area contributed by atoms with Crippen LogP contribution in [0.25, 0.3) is 0 Å². The minimum atomic E-state index is 0. The third-order valence-corrected chi connectivity index (χ3v) is 1.84. The summed E-state index contributed by atoms with van der Waals surface area (Å²) in [4.78, 5) is 4.10. The van der Waals surface area contributed by atoms with Crippen LogP contribution >= 0.6 is 0 Å². The molecule has 77 valence electrons. The summed E-state index contributed by atoms with van der Waals surface area (Å²) in [5.74, 6) is 0.215. The molecule has 16 heavy (non-hydrogen) atoms. The van der Waals surface area contributed by atoms with Crippen LogP contribution in [0.1, 0.15) is 5.56 Å². The Labute approximate surface area is 120 Å². The number of para-hydroxylation sites is 1. The molecule has 0 unspecified atom stereocenters. The molecule has 0 saturated heterocycles. The Bertz CT molecular complexity index is 468. The van der Waals surface area contributed by atoms with Crippen molar-refractivity contribution in [1.82, 2.24) is 0 Å². The van der Waals surface area contributed by atoms with Crippen molar-refractivity contribution >= 4 is 11.9 Å². The van der Waals surface area contributed by atoms with Crippen molar-refractivity contribution in [3.05, 3.63) is 60.2 Å². The maximum atomic E-state index is 9.22. The second-order valence-corrected chi connectivity index (χ2v) is 3.02. The topological polar surface area (TPSA) is 32.6 Å². The largest absolute Gasteiger partial charge is 0.518 e. The second-order valence-electron chi connectivity index (χ2n) is 3.02. The zero-order valence-corrected chi connectivity index (χ0v) is 11.4. The van der Waals surface area contributed by atoms with Gasteiger partial charge in [0.2, 0.25) is 0 Å². The van der Waals surface area contributed by atoms with Gasteiger partial charge in [0.15, 0.2) is 0 Å². The number of rotatable bonds is 2. The van der Waals surface area contributed by atoms with Crippen LogP contribution in [0.3, 0.4) is 0 Å². The summed E-state index contributed by atoms with van der Waals surface area (Å²) in [6.45, 7) is 0. The second kappa shape index (κ2) is 6.56. The molecule has 2 rings (SSSR count). The molecule has 1 N–H and O–H groups in total. The quantitative estimate of drug-likeness (QED) is 0.667. The summed E-state index contributed by atoms with van der Waals surface area (Å²) >= 11 is 0. The van der Waals surface area contributed by atoms with Crippen molar-refractivity contribution in [3.63, 3.8) is 0 Å². The van der Waals surface area contributed by atoms with Crippen LogP contribution in [0.15, 0.2) is 53.5 Å². The van der Waals surface area contributed by atoms with Gasteiger partial charge in [-0.1, -0.05) is 6.07 Å². The van der Waals surface area contributed by atoms with E-state index in [1.54, 1.807) is 24.3 Å². The summed E-state index contributed by atoms with van der Waals surface area (Å²) in [7, 11) is 0. The van der Waals surface area contributed by atoms with Gasteiger partial charge in [-0.15, -0.1) is 23.4 Å². The Morgan fingerprint density at radius 1 is 1.12 bits per heavy atom. The van der Waals surface area contributed by atoms with E-state index < -0.39 is 0 Å². The predicted octanol–water partition coefficient (Wildman–Crippen LogP) is 2.82. The minimum absolute atomic E-state index is 0. The summed E-state index contributed by atoms with van der Waals surface area (Å²) in [5, 5.41) is 9.22. The molecule has 2 aromatic carbocycles. The number of phenols is 1. The molecule has 1 radical (unpaired) electrons. The monoisotopic (exact) mass is 284 g/mol.